The monoisotopic (exact) mass is 624 g/mol. The molecule has 0 bridgehead atoms. The molecule has 3 heterocycles. The predicted octanol–water partition coefficient (Wildman–Crippen LogP) is 12.1. The predicted molar refractivity (Wildman–Crippen MR) is 202 cm³/mol. The van der Waals surface area contributed by atoms with Gasteiger partial charge in [0.1, 0.15) is 11.2 Å². The third-order valence-corrected chi connectivity index (χ3v) is 10.4. The van der Waals surface area contributed by atoms with E-state index in [9.17, 15) is 0 Å². The van der Waals surface area contributed by atoms with Crippen molar-refractivity contribution in [2.75, 3.05) is 0 Å². The number of nitrogens with zero attached hydrogens (tertiary/aromatic N) is 2. The molecule has 3 aromatic heterocycles. The Bertz CT molecular complexity index is 2960. The molecular formula is C46H28N2O. The van der Waals surface area contributed by atoms with Crippen LogP contribution in [0.3, 0.4) is 0 Å². The Hall–Kier alpha value is -6.45. The van der Waals surface area contributed by atoms with E-state index >= 15 is 0 Å². The lowest BCUT2D eigenvalue weighted by Gasteiger charge is -2.11. The van der Waals surface area contributed by atoms with Gasteiger partial charge in [0.25, 0.3) is 0 Å². The van der Waals surface area contributed by atoms with E-state index in [1.54, 1.807) is 0 Å². The highest BCUT2D eigenvalue weighted by Crippen LogP contribution is 2.43. The van der Waals surface area contributed by atoms with Crippen LogP contribution in [0.25, 0.3) is 93.7 Å². The highest BCUT2D eigenvalue weighted by molar-refractivity contribution is 6.22. The number of hydrogen-bond acceptors (Lipinski definition) is 2. The van der Waals surface area contributed by atoms with E-state index in [-0.39, 0.29) is 0 Å². The number of furan rings is 1. The van der Waals surface area contributed by atoms with E-state index in [0.717, 1.165) is 39.6 Å². The highest BCUT2D eigenvalue weighted by Gasteiger charge is 2.22. The zero-order valence-corrected chi connectivity index (χ0v) is 26.5. The maximum atomic E-state index is 6.14. The van der Waals surface area contributed by atoms with Crippen LogP contribution in [0.2, 0.25) is 0 Å². The maximum absolute atomic E-state index is 6.14. The molecule has 0 radical (unpaired) electrons. The van der Waals surface area contributed by atoms with Crippen LogP contribution in [-0.4, -0.2) is 9.55 Å². The molecule has 11 rings (SSSR count). The van der Waals surface area contributed by atoms with Crippen LogP contribution in [0, 0.1) is 0 Å². The minimum Gasteiger partial charge on any atom is -0.456 e. The molecule has 3 nitrogen and oxygen atoms in total. The van der Waals surface area contributed by atoms with Gasteiger partial charge in [0.15, 0.2) is 0 Å². The van der Waals surface area contributed by atoms with Gasteiger partial charge >= 0.3 is 0 Å². The van der Waals surface area contributed by atoms with Crippen molar-refractivity contribution in [2.45, 2.75) is 6.42 Å². The Labute approximate surface area is 282 Å². The van der Waals surface area contributed by atoms with Crippen molar-refractivity contribution in [3.05, 3.63) is 169 Å². The summed E-state index contributed by atoms with van der Waals surface area (Å²) in [6.07, 6.45) is 2.77. The average molecular weight is 625 g/mol. The Morgan fingerprint density at radius 3 is 2.10 bits per heavy atom. The SMILES string of the molecule is c1ccc(-c2ccc3c(c2)Cc2cc(-n4c5ccc(-c6ccc7oc8ccccc8c7c6)cc5c5c6ccccc6ccc54)ccc2-3)nc1. The number of fused-ring (bicyclic) bond motifs is 11. The molecule has 0 unspecified atom stereocenters. The zero-order chi connectivity index (χ0) is 32.1. The summed E-state index contributed by atoms with van der Waals surface area (Å²) in [6, 6.07) is 55.0. The standard InChI is InChI=1S/C46H28N2O/c1-2-8-37-28(7-1)13-20-43-46(37)40-27-29(30-15-21-45-39(26-30)38-9-3-4-11-44(38)49-45)14-19-42(40)48(43)34-16-18-36-33(25-34)24-32-23-31(12-17-35(32)36)41-10-5-6-22-47-41/h1-23,25-27H,24H2. The normalized spacial score (nSPS) is 12.4. The van der Waals surface area contributed by atoms with Crippen LogP contribution in [0.1, 0.15) is 11.1 Å². The molecule has 0 spiro atoms. The van der Waals surface area contributed by atoms with Crippen LogP contribution < -0.4 is 0 Å². The summed E-state index contributed by atoms with van der Waals surface area (Å²) in [4.78, 5) is 4.59. The molecule has 10 aromatic rings. The van der Waals surface area contributed by atoms with E-state index in [2.05, 4.69) is 137 Å². The van der Waals surface area contributed by atoms with E-state index in [1.165, 1.54) is 71.6 Å². The smallest absolute Gasteiger partial charge is 0.135 e. The molecule has 0 saturated carbocycles. The first kappa shape index (κ1) is 26.6. The summed E-state index contributed by atoms with van der Waals surface area (Å²) in [5, 5.41) is 7.35. The van der Waals surface area contributed by atoms with E-state index < -0.39 is 0 Å². The van der Waals surface area contributed by atoms with Gasteiger partial charge in [-0.15, -0.1) is 0 Å². The molecule has 0 amide bonds. The Kier molecular flexibility index (Phi) is 5.44. The van der Waals surface area contributed by atoms with E-state index in [0.29, 0.717) is 0 Å². The van der Waals surface area contributed by atoms with Crippen molar-refractivity contribution < 1.29 is 4.42 Å². The zero-order valence-electron chi connectivity index (χ0n) is 26.5. The second kappa shape index (κ2) is 10.0. The topological polar surface area (TPSA) is 31.0 Å². The molecule has 0 fully saturated rings. The van der Waals surface area contributed by atoms with Gasteiger partial charge in [0, 0.05) is 39.0 Å². The molecule has 1 aliphatic rings. The Morgan fingerprint density at radius 1 is 0.490 bits per heavy atom. The molecular weight excluding hydrogens is 597 g/mol. The number of para-hydroxylation sites is 1. The number of hydrogen-bond donors (Lipinski definition) is 0. The van der Waals surface area contributed by atoms with Crippen molar-refractivity contribution >= 4 is 54.5 Å². The van der Waals surface area contributed by atoms with Crippen molar-refractivity contribution in [1.82, 2.24) is 9.55 Å². The molecule has 3 heteroatoms. The fraction of sp³-hybridized carbons (Fsp3) is 0.0217. The fourth-order valence-electron chi connectivity index (χ4n) is 8.18. The van der Waals surface area contributed by atoms with Gasteiger partial charge in [0.05, 0.1) is 16.7 Å². The van der Waals surface area contributed by atoms with Crippen LogP contribution >= 0.6 is 0 Å². The van der Waals surface area contributed by atoms with E-state index in [4.69, 9.17) is 4.42 Å². The van der Waals surface area contributed by atoms with Gasteiger partial charge in [-0.3, -0.25) is 4.98 Å². The summed E-state index contributed by atoms with van der Waals surface area (Å²) in [5.41, 5.74) is 15.4. The molecule has 0 aliphatic heterocycles. The molecule has 49 heavy (non-hydrogen) atoms. The van der Waals surface area contributed by atoms with Crippen LogP contribution in [0.4, 0.5) is 0 Å². The largest absolute Gasteiger partial charge is 0.456 e. The molecule has 7 aromatic carbocycles. The fourth-order valence-corrected chi connectivity index (χ4v) is 8.18. The maximum Gasteiger partial charge on any atom is 0.135 e. The average Bonchev–Trinajstić information content (AvgIpc) is 3.83. The summed E-state index contributed by atoms with van der Waals surface area (Å²) in [5.74, 6) is 0. The summed E-state index contributed by atoms with van der Waals surface area (Å²) < 4.78 is 8.60. The first-order valence-electron chi connectivity index (χ1n) is 16.8. The van der Waals surface area contributed by atoms with Crippen LogP contribution in [-0.2, 0) is 6.42 Å². The summed E-state index contributed by atoms with van der Waals surface area (Å²) >= 11 is 0. The molecule has 0 atom stereocenters. The minimum absolute atomic E-state index is 0.911. The van der Waals surface area contributed by atoms with Gasteiger partial charge in [-0.25, -0.2) is 0 Å². The highest BCUT2D eigenvalue weighted by atomic mass is 16.3. The molecule has 0 saturated heterocycles. The second-order valence-electron chi connectivity index (χ2n) is 13.2. The summed E-state index contributed by atoms with van der Waals surface area (Å²) in [7, 11) is 0. The van der Waals surface area contributed by atoms with Crippen LogP contribution in [0.5, 0.6) is 0 Å². The van der Waals surface area contributed by atoms with Gasteiger partial charge in [-0.1, -0.05) is 84.9 Å². The molecule has 228 valence electrons. The van der Waals surface area contributed by atoms with Gasteiger partial charge in [0.2, 0.25) is 0 Å². The Morgan fingerprint density at radius 2 is 1.20 bits per heavy atom. The van der Waals surface area contributed by atoms with Gasteiger partial charge < -0.3 is 8.98 Å². The first-order chi connectivity index (χ1) is 24.3. The lowest BCUT2D eigenvalue weighted by Crippen LogP contribution is -1.95. The van der Waals surface area contributed by atoms with Crippen molar-refractivity contribution in [3.63, 3.8) is 0 Å². The summed E-state index contributed by atoms with van der Waals surface area (Å²) in [6.45, 7) is 0. The quantitative estimate of drug-likeness (QED) is 0.196. The molecule has 0 N–H and O–H groups in total. The second-order valence-corrected chi connectivity index (χ2v) is 13.2. The lowest BCUT2D eigenvalue weighted by molar-refractivity contribution is 0.669. The first-order valence-corrected chi connectivity index (χ1v) is 16.8. The minimum atomic E-state index is 0.911. The number of pyridine rings is 1. The van der Waals surface area contributed by atoms with E-state index in [1.807, 2.05) is 30.5 Å². The lowest BCUT2D eigenvalue weighted by atomic mass is 9.99. The van der Waals surface area contributed by atoms with Gasteiger partial charge in [-0.05, 0) is 117 Å². The number of benzene rings is 7. The third kappa shape index (κ3) is 3.93. The van der Waals surface area contributed by atoms with Crippen LogP contribution in [0.15, 0.2) is 162 Å². The Balaban J connectivity index is 1.09. The van der Waals surface area contributed by atoms with Crippen molar-refractivity contribution in [3.8, 4) is 39.2 Å². The third-order valence-electron chi connectivity index (χ3n) is 10.4. The number of rotatable bonds is 3. The molecule has 1 aliphatic carbocycles. The van der Waals surface area contributed by atoms with Crippen molar-refractivity contribution in [1.29, 1.82) is 0 Å². The number of aromatic nitrogens is 2. The van der Waals surface area contributed by atoms with Crippen molar-refractivity contribution in [2.24, 2.45) is 0 Å². The van der Waals surface area contributed by atoms with Gasteiger partial charge in [-0.2, -0.15) is 0 Å².